The van der Waals surface area contributed by atoms with Crippen molar-refractivity contribution in [3.63, 3.8) is 0 Å². The predicted molar refractivity (Wildman–Crippen MR) is 97.8 cm³/mol. The fourth-order valence-electron chi connectivity index (χ4n) is 2.16. The molecule has 0 radical (unpaired) electrons. The Labute approximate surface area is 148 Å². The number of rotatable bonds is 5. The molecule has 0 atom stereocenters. The van der Waals surface area contributed by atoms with Crippen molar-refractivity contribution in [2.75, 3.05) is 6.26 Å². The summed E-state index contributed by atoms with van der Waals surface area (Å²) in [6, 6.07) is 14.4. The Morgan fingerprint density at radius 2 is 1.92 bits per heavy atom. The van der Waals surface area contributed by atoms with E-state index in [1.54, 1.807) is 34.8 Å². The number of thioether (sulfide) groups is 1. The monoisotopic (exact) mass is 358 g/mol. The molecule has 4 nitrogen and oxygen atoms in total. The van der Waals surface area contributed by atoms with Crippen molar-refractivity contribution < 1.29 is 4.39 Å². The van der Waals surface area contributed by atoms with Crippen LogP contribution in [0.15, 0.2) is 58.5 Å². The van der Waals surface area contributed by atoms with Gasteiger partial charge < -0.3 is 0 Å². The molecule has 0 unspecified atom stereocenters. The Hall–Kier alpha value is -2.25. The van der Waals surface area contributed by atoms with E-state index >= 15 is 0 Å². The highest BCUT2D eigenvalue weighted by Crippen LogP contribution is 2.16. The molecule has 1 aromatic heterocycles. The van der Waals surface area contributed by atoms with E-state index < -0.39 is 0 Å². The van der Waals surface area contributed by atoms with Crippen LogP contribution >= 0.6 is 24.0 Å². The first-order valence-corrected chi connectivity index (χ1v) is 8.88. The number of hydrogen-bond donors (Lipinski definition) is 1. The van der Waals surface area contributed by atoms with E-state index in [2.05, 4.69) is 39.6 Å². The molecule has 3 rings (SSSR count). The number of nitrogens with zero attached hydrogens (tertiary/aromatic N) is 3. The maximum atomic E-state index is 12.9. The van der Waals surface area contributed by atoms with Crippen LogP contribution in [0.2, 0.25) is 0 Å². The largest absolute Gasteiger partial charge is 0.250 e. The molecule has 0 aliphatic rings. The lowest BCUT2D eigenvalue weighted by molar-refractivity contribution is 0.628. The Morgan fingerprint density at radius 1 is 1.21 bits per heavy atom. The number of aromatic nitrogens is 3. The number of H-pyrrole nitrogens is 1. The van der Waals surface area contributed by atoms with Crippen molar-refractivity contribution in [2.24, 2.45) is 5.10 Å². The third kappa shape index (κ3) is 3.98. The summed E-state index contributed by atoms with van der Waals surface area (Å²) >= 11 is 6.94. The Morgan fingerprint density at radius 3 is 2.58 bits per heavy atom. The summed E-state index contributed by atoms with van der Waals surface area (Å²) in [7, 11) is 0. The van der Waals surface area contributed by atoms with E-state index in [1.165, 1.54) is 17.0 Å². The third-order valence-electron chi connectivity index (χ3n) is 3.43. The SMILES string of the molecule is CSc1ccc(Cc2n[nH]c(=S)n2/N=C/c2ccc(F)cc2)cc1. The summed E-state index contributed by atoms with van der Waals surface area (Å²) in [5.41, 5.74) is 1.91. The fourth-order valence-corrected chi connectivity index (χ4v) is 2.76. The lowest BCUT2D eigenvalue weighted by atomic mass is 10.1. The molecule has 0 spiro atoms. The minimum atomic E-state index is -0.276. The van der Waals surface area contributed by atoms with Crippen molar-refractivity contribution in [1.82, 2.24) is 14.9 Å². The molecular weight excluding hydrogens is 343 g/mol. The van der Waals surface area contributed by atoms with Crippen LogP contribution in [0.3, 0.4) is 0 Å². The summed E-state index contributed by atoms with van der Waals surface area (Å²) in [6.07, 6.45) is 4.29. The topological polar surface area (TPSA) is 46.0 Å². The van der Waals surface area contributed by atoms with Gasteiger partial charge in [-0.1, -0.05) is 24.3 Å². The summed E-state index contributed by atoms with van der Waals surface area (Å²) in [5, 5.41) is 11.4. The molecule has 0 fully saturated rings. The second kappa shape index (κ2) is 7.55. The zero-order valence-corrected chi connectivity index (χ0v) is 14.6. The van der Waals surface area contributed by atoms with Gasteiger partial charge in [-0.15, -0.1) is 11.8 Å². The molecular formula is C17H15FN4S2. The van der Waals surface area contributed by atoms with Crippen LogP contribution in [0.4, 0.5) is 4.39 Å². The van der Waals surface area contributed by atoms with E-state index in [0.717, 1.165) is 17.0 Å². The van der Waals surface area contributed by atoms with E-state index in [9.17, 15) is 4.39 Å². The lowest BCUT2D eigenvalue weighted by Crippen LogP contribution is -2.00. The molecule has 0 bridgehead atoms. The highest BCUT2D eigenvalue weighted by Gasteiger charge is 2.06. The number of aromatic amines is 1. The molecule has 24 heavy (non-hydrogen) atoms. The molecule has 0 aliphatic carbocycles. The van der Waals surface area contributed by atoms with Crippen LogP contribution in [-0.4, -0.2) is 27.3 Å². The summed E-state index contributed by atoms with van der Waals surface area (Å²) < 4.78 is 14.9. The van der Waals surface area contributed by atoms with Gasteiger partial charge in [-0.05, 0) is 53.9 Å². The van der Waals surface area contributed by atoms with E-state index in [4.69, 9.17) is 12.2 Å². The Bertz CT molecular complexity index is 896. The van der Waals surface area contributed by atoms with Crippen LogP contribution in [0.25, 0.3) is 0 Å². The van der Waals surface area contributed by atoms with Crippen molar-refractivity contribution in [2.45, 2.75) is 11.3 Å². The fraction of sp³-hybridized carbons (Fsp3) is 0.118. The average molecular weight is 358 g/mol. The first-order chi connectivity index (χ1) is 11.7. The number of hydrogen-bond acceptors (Lipinski definition) is 4. The Balaban J connectivity index is 1.82. The van der Waals surface area contributed by atoms with Crippen LogP contribution in [0.1, 0.15) is 17.0 Å². The van der Waals surface area contributed by atoms with E-state index in [1.807, 2.05) is 6.26 Å². The van der Waals surface area contributed by atoms with Crippen molar-refractivity contribution in [1.29, 1.82) is 0 Å². The van der Waals surface area contributed by atoms with Gasteiger partial charge in [0.15, 0.2) is 5.82 Å². The highest BCUT2D eigenvalue weighted by atomic mass is 32.2. The van der Waals surface area contributed by atoms with Crippen LogP contribution < -0.4 is 0 Å². The molecule has 0 amide bonds. The zero-order valence-electron chi connectivity index (χ0n) is 12.9. The van der Waals surface area contributed by atoms with Gasteiger partial charge in [0.2, 0.25) is 4.77 Å². The van der Waals surface area contributed by atoms with Gasteiger partial charge in [0.1, 0.15) is 5.82 Å². The molecule has 1 N–H and O–H groups in total. The predicted octanol–water partition coefficient (Wildman–Crippen LogP) is 4.27. The first kappa shape index (κ1) is 16.6. The molecule has 122 valence electrons. The molecule has 2 aromatic carbocycles. The zero-order chi connectivity index (χ0) is 16.9. The standard InChI is InChI=1S/C17H15FN4S2/c1-24-15-8-4-12(5-9-15)10-16-20-21-17(23)22(16)19-11-13-2-6-14(18)7-3-13/h2-9,11H,10H2,1H3,(H,21,23)/b19-11+. The van der Waals surface area contributed by atoms with Gasteiger partial charge in [0.25, 0.3) is 0 Å². The van der Waals surface area contributed by atoms with Crippen LogP contribution in [0, 0.1) is 10.6 Å². The molecule has 0 aliphatic heterocycles. The summed E-state index contributed by atoms with van der Waals surface area (Å²) in [4.78, 5) is 1.21. The molecule has 0 saturated heterocycles. The van der Waals surface area contributed by atoms with E-state index in [0.29, 0.717) is 11.2 Å². The molecule has 0 saturated carbocycles. The van der Waals surface area contributed by atoms with Crippen LogP contribution in [-0.2, 0) is 6.42 Å². The quantitative estimate of drug-likeness (QED) is 0.421. The number of benzene rings is 2. The van der Waals surface area contributed by atoms with Crippen molar-refractivity contribution >= 4 is 30.2 Å². The van der Waals surface area contributed by atoms with Gasteiger partial charge in [-0.2, -0.15) is 14.9 Å². The van der Waals surface area contributed by atoms with Crippen molar-refractivity contribution in [3.8, 4) is 0 Å². The van der Waals surface area contributed by atoms with Crippen molar-refractivity contribution in [3.05, 3.63) is 76.1 Å². The molecule has 3 aromatic rings. The summed E-state index contributed by atoms with van der Waals surface area (Å²) in [5.74, 6) is 0.441. The van der Waals surface area contributed by atoms with Gasteiger partial charge in [-0.25, -0.2) is 4.39 Å². The summed E-state index contributed by atoms with van der Waals surface area (Å²) in [6.45, 7) is 0. The molecule has 1 heterocycles. The minimum absolute atomic E-state index is 0.276. The minimum Gasteiger partial charge on any atom is -0.250 e. The van der Waals surface area contributed by atoms with Gasteiger partial charge >= 0.3 is 0 Å². The van der Waals surface area contributed by atoms with Gasteiger partial charge in [0.05, 0.1) is 6.21 Å². The second-order valence-electron chi connectivity index (χ2n) is 5.08. The van der Waals surface area contributed by atoms with Gasteiger partial charge in [-0.3, -0.25) is 5.10 Å². The van der Waals surface area contributed by atoms with E-state index in [-0.39, 0.29) is 5.82 Å². The normalized spacial score (nSPS) is 11.2. The maximum Gasteiger partial charge on any atom is 0.216 e. The lowest BCUT2D eigenvalue weighted by Gasteiger charge is -2.03. The number of halogens is 1. The molecule has 7 heteroatoms. The first-order valence-electron chi connectivity index (χ1n) is 7.25. The van der Waals surface area contributed by atoms with Crippen LogP contribution in [0.5, 0.6) is 0 Å². The van der Waals surface area contributed by atoms with Gasteiger partial charge in [0, 0.05) is 11.3 Å². The Kier molecular flexibility index (Phi) is 5.22. The average Bonchev–Trinajstić information content (AvgIpc) is 2.95. The third-order valence-corrected chi connectivity index (χ3v) is 4.44. The second-order valence-corrected chi connectivity index (χ2v) is 6.34. The smallest absolute Gasteiger partial charge is 0.216 e. The maximum absolute atomic E-state index is 12.9. The number of nitrogens with one attached hydrogen (secondary N) is 1. The highest BCUT2D eigenvalue weighted by molar-refractivity contribution is 7.98.